The fourth-order valence-electron chi connectivity index (χ4n) is 3.79. The minimum Gasteiger partial charge on any atom is -0.493 e. The Hall–Kier alpha value is -3.83. The minimum absolute atomic E-state index is 0.0685. The van der Waals surface area contributed by atoms with Crippen LogP contribution in [0.3, 0.4) is 0 Å². The van der Waals surface area contributed by atoms with Crippen molar-refractivity contribution in [3.63, 3.8) is 0 Å². The maximum atomic E-state index is 14.5. The number of nitrogens with one attached hydrogen (secondary N) is 3. The lowest BCUT2D eigenvalue weighted by Crippen LogP contribution is -2.52. The highest BCUT2D eigenvalue weighted by molar-refractivity contribution is 6.31. The number of piperidine rings is 1. The molecule has 0 spiro atoms. The molecule has 188 valence electrons. The van der Waals surface area contributed by atoms with Crippen molar-refractivity contribution < 1.29 is 27.8 Å². The molecular formula is C24H22ClF2N5O4. The number of methoxy groups -OCH3 is 1. The summed E-state index contributed by atoms with van der Waals surface area (Å²) in [7, 11) is 1.48. The quantitative estimate of drug-likeness (QED) is 0.321. The second kappa shape index (κ2) is 10.8. The first-order valence-corrected chi connectivity index (χ1v) is 11.3. The van der Waals surface area contributed by atoms with Crippen LogP contribution in [0.15, 0.2) is 43.2 Å². The van der Waals surface area contributed by atoms with E-state index in [0.29, 0.717) is 41.8 Å². The molecule has 3 N–H and O–H groups in total. The summed E-state index contributed by atoms with van der Waals surface area (Å²) >= 11 is 5.69. The Balaban J connectivity index is 1.61. The number of halogens is 3. The number of carbonyl (C=O) groups excluding carboxylic acids is 2. The topological polar surface area (TPSA) is 114 Å². The molecule has 1 fully saturated rings. The summed E-state index contributed by atoms with van der Waals surface area (Å²) in [6, 6.07) is 4.90. The van der Waals surface area contributed by atoms with Gasteiger partial charge in [-0.2, -0.15) is 0 Å². The van der Waals surface area contributed by atoms with Crippen LogP contribution in [0.4, 0.5) is 20.3 Å². The molecule has 1 aromatic heterocycles. The summed E-state index contributed by atoms with van der Waals surface area (Å²) in [5.41, 5.74) is 0.414. The van der Waals surface area contributed by atoms with E-state index in [9.17, 15) is 18.4 Å². The molecule has 1 aliphatic heterocycles. The maximum absolute atomic E-state index is 14.5. The largest absolute Gasteiger partial charge is 0.493 e. The normalized spacial score (nSPS) is 17.3. The Morgan fingerprint density at radius 2 is 2.06 bits per heavy atom. The van der Waals surface area contributed by atoms with Crippen LogP contribution in [0.1, 0.15) is 12.8 Å². The second-order valence-electron chi connectivity index (χ2n) is 7.92. The first-order valence-electron chi connectivity index (χ1n) is 10.9. The Labute approximate surface area is 209 Å². The van der Waals surface area contributed by atoms with Gasteiger partial charge in [-0.15, -0.1) is 0 Å². The molecule has 0 saturated carbocycles. The van der Waals surface area contributed by atoms with Crippen molar-refractivity contribution in [2.75, 3.05) is 19.0 Å². The number of hydrogen-bond donors (Lipinski definition) is 3. The van der Waals surface area contributed by atoms with Crippen molar-refractivity contribution in [1.82, 2.24) is 20.6 Å². The molecule has 9 nitrogen and oxygen atoms in total. The second-order valence-corrected chi connectivity index (χ2v) is 8.30. The SMILES string of the molecule is C=CC(=O)NC(=O)[C@@H]1C[C@@H](Oc2cc3c(Nc4ccc(F)c(Cl)c4F)ncnc3cc2OC)CCN1. The van der Waals surface area contributed by atoms with E-state index in [2.05, 4.69) is 32.5 Å². The highest BCUT2D eigenvalue weighted by Crippen LogP contribution is 2.37. The van der Waals surface area contributed by atoms with Gasteiger partial charge >= 0.3 is 0 Å². The molecular weight excluding hydrogens is 496 g/mol. The fourth-order valence-corrected chi connectivity index (χ4v) is 3.96. The van der Waals surface area contributed by atoms with Crippen LogP contribution in [0.2, 0.25) is 5.02 Å². The van der Waals surface area contributed by atoms with Gasteiger partial charge in [0.05, 0.1) is 24.4 Å². The summed E-state index contributed by atoms with van der Waals surface area (Å²) in [6.45, 7) is 3.82. The Kier molecular flexibility index (Phi) is 7.61. The molecule has 2 heterocycles. The van der Waals surface area contributed by atoms with Crippen LogP contribution in [-0.2, 0) is 9.59 Å². The van der Waals surface area contributed by atoms with E-state index in [0.717, 1.165) is 12.1 Å². The number of nitrogens with zero attached hydrogens (tertiary/aromatic N) is 2. The molecule has 36 heavy (non-hydrogen) atoms. The van der Waals surface area contributed by atoms with Gasteiger partial charge in [0.15, 0.2) is 17.3 Å². The van der Waals surface area contributed by atoms with Gasteiger partial charge in [-0.1, -0.05) is 18.2 Å². The predicted molar refractivity (Wildman–Crippen MR) is 130 cm³/mol. The molecule has 2 aromatic carbocycles. The highest BCUT2D eigenvalue weighted by Gasteiger charge is 2.29. The van der Waals surface area contributed by atoms with Crippen molar-refractivity contribution in [2.24, 2.45) is 0 Å². The van der Waals surface area contributed by atoms with Crippen molar-refractivity contribution in [3.05, 3.63) is 59.9 Å². The smallest absolute Gasteiger partial charge is 0.249 e. The number of anilines is 2. The van der Waals surface area contributed by atoms with Gasteiger partial charge in [0.25, 0.3) is 0 Å². The van der Waals surface area contributed by atoms with Gasteiger partial charge in [-0.25, -0.2) is 18.7 Å². The number of aromatic nitrogens is 2. The minimum atomic E-state index is -0.956. The molecule has 0 unspecified atom stereocenters. The standard InChI is InChI=1S/C24H22ClF2N5O4/c1-3-20(33)32-24(34)17-8-12(6-7-28-17)36-19-9-13-16(10-18(19)35-2)29-11-30-23(13)31-15-5-4-14(26)21(25)22(15)27/h3-5,9-12,17,28H,1,6-8H2,2H3,(H,29,30,31)(H,32,33,34)/t12-,17-/m0/s1. The van der Waals surface area contributed by atoms with E-state index >= 15 is 0 Å². The number of amides is 2. The first kappa shape index (κ1) is 25.3. The third kappa shape index (κ3) is 5.37. The van der Waals surface area contributed by atoms with Crippen LogP contribution >= 0.6 is 11.6 Å². The zero-order valence-corrected chi connectivity index (χ0v) is 19.9. The van der Waals surface area contributed by atoms with E-state index in [1.165, 1.54) is 19.5 Å². The molecule has 4 rings (SSSR count). The van der Waals surface area contributed by atoms with Gasteiger partial charge in [-0.05, 0) is 37.2 Å². The van der Waals surface area contributed by atoms with Crippen LogP contribution in [-0.4, -0.2) is 47.6 Å². The van der Waals surface area contributed by atoms with Gasteiger partial charge in [-0.3, -0.25) is 14.9 Å². The van der Waals surface area contributed by atoms with Crippen molar-refractivity contribution in [1.29, 1.82) is 0 Å². The Morgan fingerprint density at radius 1 is 1.25 bits per heavy atom. The van der Waals surface area contributed by atoms with Crippen LogP contribution in [0.5, 0.6) is 11.5 Å². The monoisotopic (exact) mass is 517 g/mol. The number of imide groups is 1. The summed E-state index contributed by atoms with van der Waals surface area (Å²) in [4.78, 5) is 32.2. The van der Waals surface area contributed by atoms with Crippen molar-refractivity contribution >= 4 is 45.8 Å². The summed E-state index contributed by atoms with van der Waals surface area (Å²) in [6.07, 6.45) is 2.83. The van der Waals surface area contributed by atoms with E-state index in [1.807, 2.05) is 0 Å². The molecule has 0 aliphatic carbocycles. The average molecular weight is 518 g/mol. The lowest BCUT2D eigenvalue weighted by molar-refractivity contribution is -0.130. The van der Waals surface area contributed by atoms with Crippen molar-refractivity contribution in [3.8, 4) is 11.5 Å². The summed E-state index contributed by atoms with van der Waals surface area (Å²) < 4.78 is 39.7. The lowest BCUT2D eigenvalue weighted by atomic mass is 10.0. The van der Waals surface area contributed by atoms with E-state index < -0.39 is 34.5 Å². The van der Waals surface area contributed by atoms with Gasteiger partial charge < -0.3 is 20.1 Å². The molecule has 0 bridgehead atoms. The number of hydrogen-bond acceptors (Lipinski definition) is 8. The molecule has 1 saturated heterocycles. The fraction of sp³-hybridized carbons (Fsp3) is 0.250. The number of rotatable bonds is 7. The lowest BCUT2D eigenvalue weighted by Gasteiger charge is -2.30. The van der Waals surface area contributed by atoms with Gasteiger partial charge in [0.2, 0.25) is 11.8 Å². The summed E-state index contributed by atoms with van der Waals surface area (Å²) in [5.74, 6) is -1.91. The number of fused-ring (bicyclic) bond motifs is 1. The van der Waals surface area contributed by atoms with Crippen LogP contribution in [0, 0.1) is 11.6 Å². The molecule has 2 amide bonds. The van der Waals surface area contributed by atoms with Crippen molar-refractivity contribution in [2.45, 2.75) is 25.0 Å². The number of benzene rings is 2. The first-order chi connectivity index (χ1) is 17.3. The average Bonchev–Trinajstić information content (AvgIpc) is 2.89. The number of ether oxygens (including phenoxy) is 2. The van der Waals surface area contributed by atoms with E-state index in [-0.39, 0.29) is 17.6 Å². The maximum Gasteiger partial charge on any atom is 0.249 e. The highest BCUT2D eigenvalue weighted by atomic mass is 35.5. The predicted octanol–water partition coefficient (Wildman–Crippen LogP) is 3.64. The molecule has 2 atom stereocenters. The molecule has 0 radical (unpaired) electrons. The molecule has 3 aromatic rings. The zero-order valence-electron chi connectivity index (χ0n) is 19.1. The third-order valence-corrected chi connectivity index (χ3v) is 5.95. The Bertz CT molecular complexity index is 1340. The van der Waals surface area contributed by atoms with Crippen LogP contribution in [0.25, 0.3) is 10.9 Å². The molecule has 1 aliphatic rings. The summed E-state index contributed by atoms with van der Waals surface area (Å²) in [5, 5.41) is 7.97. The Morgan fingerprint density at radius 3 is 2.81 bits per heavy atom. The van der Waals surface area contributed by atoms with E-state index in [4.69, 9.17) is 21.1 Å². The van der Waals surface area contributed by atoms with Crippen LogP contribution < -0.4 is 25.4 Å². The third-order valence-electron chi connectivity index (χ3n) is 5.61. The van der Waals surface area contributed by atoms with E-state index in [1.54, 1.807) is 12.1 Å². The zero-order chi connectivity index (χ0) is 25.8. The van der Waals surface area contributed by atoms with Gasteiger partial charge in [0.1, 0.15) is 29.1 Å². The number of carbonyl (C=O) groups is 2. The van der Waals surface area contributed by atoms with Gasteiger partial charge in [0, 0.05) is 17.9 Å². The molecule has 12 heteroatoms.